The minimum absolute atomic E-state index is 0.507. The van der Waals surface area contributed by atoms with E-state index in [0.29, 0.717) is 15.6 Å². The van der Waals surface area contributed by atoms with E-state index in [1.165, 1.54) is 12.1 Å². The molecule has 0 amide bonds. The summed E-state index contributed by atoms with van der Waals surface area (Å²) in [6.07, 6.45) is 3.02. The van der Waals surface area contributed by atoms with Gasteiger partial charge in [-0.15, -0.1) is 0 Å². The molecule has 0 heterocycles. The highest BCUT2D eigenvalue weighted by Gasteiger charge is 2.30. The summed E-state index contributed by atoms with van der Waals surface area (Å²) < 4.78 is 38.4. The van der Waals surface area contributed by atoms with Crippen molar-refractivity contribution in [2.45, 2.75) is 17.5 Å². The number of allylic oxidation sites excluding steroid dienone is 5. The Labute approximate surface area is 124 Å². The summed E-state index contributed by atoms with van der Waals surface area (Å²) in [6.45, 7) is 5.78. The molecular formula is C15H14F3I. The van der Waals surface area contributed by atoms with Gasteiger partial charge in [0.1, 0.15) is 0 Å². The van der Waals surface area contributed by atoms with E-state index in [2.05, 4.69) is 29.2 Å². The van der Waals surface area contributed by atoms with Crippen LogP contribution in [0.1, 0.15) is 23.6 Å². The van der Waals surface area contributed by atoms with E-state index in [1.54, 1.807) is 6.08 Å². The van der Waals surface area contributed by atoms with Crippen LogP contribution in [0.5, 0.6) is 0 Å². The van der Waals surface area contributed by atoms with E-state index in [0.717, 1.165) is 11.6 Å². The average molecular weight is 378 g/mol. The lowest BCUT2D eigenvalue weighted by molar-refractivity contribution is -0.137. The molecule has 0 radical (unpaired) electrons. The minimum atomic E-state index is -4.30. The normalized spacial score (nSPS) is 12.5. The molecule has 102 valence electrons. The predicted octanol–water partition coefficient (Wildman–Crippen LogP) is 5.79. The Hall–Kier alpha value is -1.04. The highest BCUT2D eigenvalue weighted by Crippen LogP contribution is 2.32. The van der Waals surface area contributed by atoms with Gasteiger partial charge in [-0.3, -0.25) is 0 Å². The fourth-order valence-corrected chi connectivity index (χ4v) is 2.20. The Bertz CT molecular complexity index is 511. The maximum atomic E-state index is 12.6. The molecule has 0 fully saturated rings. The first-order chi connectivity index (χ1) is 8.90. The van der Waals surface area contributed by atoms with Crippen LogP contribution in [0.4, 0.5) is 13.2 Å². The summed E-state index contributed by atoms with van der Waals surface area (Å²) in [6, 6.07) is 3.77. The number of alkyl halides is 4. The number of benzene rings is 1. The van der Waals surface area contributed by atoms with Crippen molar-refractivity contribution in [3.63, 3.8) is 0 Å². The quantitative estimate of drug-likeness (QED) is 0.354. The zero-order valence-electron chi connectivity index (χ0n) is 10.5. The minimum Gasteiger partial charge on any atom is -0.166 e. The molecule has 1 aromatic rings. The van der Waals surface area contributed by atoms with E-state index < -0.39 is 11.7 Å². The lowest BCUT2D eigenvalue weighted by Crippen LogP contribution is -2.06. The van der Waals surface area contributed by atoms with Gasteiger partial charge in [-0.1, -0.05) is 59.5 Å². The molecule has 0 bridgehead atoms. The third-order valence-corrected chi connectivity index (χ3v) is 3.35. The lowest BCUT2D eigenvalue weighted by Gasteiger charge is -2.12. The van der Waals surface area contributed by atoms with Gasteiger partial charge in [0.15, 0.2) is 0 Å². The van der Waals surface area contributed by atoms with Crippen molar-refractivity contribution in [3.05, 3.63) is 65.8 Å². The lowest BCUT2D eigenvalue weighted by atomic mass is 9.99. The number of hydrogen-bond acceptors (Lipinski definition) is 0. The molecule has 0 aliphatic heterocycles. The van der Waals surface area contributed by atoms with Gasteiger partial charge in [-0.2, -0.15) is 13.2 Å². The van der Waals surface area contributed by atoms with Crippen LogP contribution in [0.2, 0.25) is 0 Å². The van der Waals surface area contributed by atoms with Crippen LogP contribution in [0, 0.1) is 0 Å². The number of hydrogen-bond donors (Lipinski definition) is 0. The maximum Gasteiger partial charge on any atom is 0.416 e. The van der Waals surface area contributed by atoms with Crippen molar-refractivity contribution in [1.82, 2.24) is 0 Å². The van der Waals surface area contributed by atoms with Gasteiger partial charge < -0.3 is 0 Å². The summed E-state index contributed by atoms with van der Waals surface area (Å²) in [7, 11) is 0. The Balaban J connectivity index is 3.13. The van der Waals surface area contributed by atoms with Crippen LogP contribution in [0.3, 0.4) is 0 Å². The summed E-state index contributed by atoms with van der Waals surface area (Å²) in [4.78, 5) is 0. The van der Waals surface area contributed by atoms with Gasteiger partial charge >= 0.3 is 6.18 Å². The van der Waals surface area contributed by atoms with Crippen LogP contribution in [-0.4, -0.2) is 0 Å². The van der Waals surface area contributed by atoms with Crippen molar-refractivity contribution < 1.29 is 13.2 Å². The second-order valence-corrected chi connectivity index (χ2v) is 4.68. The molecule has 1 rings (SSSR count). The van der Waals surface area contributed by atoms with E-state index in [-0.39, 0.29) is 0 Å². The second kappa shape index (κ2) is 6.93. The van der Waals surface area contributed by atoms with Crippen molar-refractivity contribution in [2.75, 3.05) is 0 Å². The fraction of sp³-hybridized carbons (Fsp3) is 0.200. The van der Waals surface area contributed by atoms with Gasteiger partial charge in [0.2, 0.25) is 0 Å². The predicted molar refractivity (Wildman–Crippen MR) is 82.2 cm³/mol. The molecule has 0 saturated heterocycles. The Morgan fingerprint density at radius 1 is 1.32 bits per heavy atom. The van der Waals surface area contributed by atoms with Crippen LogP contribution in [0.25, 0.3) is 5.57 Å². The molecule has 0 atom stereocenters. The first-order valence-corrected chi connectivity index (χ1v) is 7.17. The third kappa shape index (κ3) is 4.53. The van der Waals surface area contributed by atoms with Crippen molar-refractivity contribution in [1.29, 1.82) is 0 Å². The van der Waals surface area contributed by atoms with Gasteiger partial charge in [0.25, 0.3) is 0 Å². The molecule has 0 spiro atoms. The SMILES string of the molecule is C=C(/C=C\C=C/C)c1ccc(C(F)(F)F)cc1CI. The molecule has 0 aliphatic rings. The Morgan fingerprint density at radius 3 is 2.53 bits per heavy atom. The highest BCUT2D eigenvalue weighted by molar-refractivity contribution is 14.1. The molecule has 19 heavy (non-hydrogen) atoms. The van der Waals surface area contributed by atoms with Gasteiger partial charge in [0, 0.05) is 4.43 Å². The van der Waals surface area contributed by atoms with E-state index in [4.69, 9.17) is 0 Å². The van der Waals surface area contributed by atoms with E-state index in [9.17, 15) is 13.2 Å². The van der Waals surface area contributed by atoms with E-state index >= 15 is 0 Å². The standard InChI is InChI=1S/C15H14F3I/c1-3-4-5-6-11(2)14-8-7-13(15(16,17)18)9-12(14)10-19/h3-9H,2,10H2,1H3/b4-3-,6-5-. The number of rotatable bonds is 4. The molecule has 0 aromatic heterocycles. The second-order valence-electron chi connectivity index (χ2n) is 3.91. The molecular weight excluding hydrogens is 364 g/mol. The van der Waals surface area contributed by atoms with Crippen molar-refractivity contribution >= 4 is 28.2 Å². The largest absolute Gasteiger partial charge is 0.416 e. The van der Waals surface area contributed by atoms with Crippen molar-refractivity contribution in [3.8, 4) is 0 Å². The van der Waals surface area contributed by atoms with Gasteiger partial charge in [0.05, 0.1) is 5.56 Å². The molecule has 0 saturated carbocycles. The van der Waals surface area contributed by atoms with Crippen LogP contribution in [0.15, 0.2) is 49.1 Å². The summed E-state index contributed by atoms with van der Waals surface area (Å²) in [5, 5.41) is 0. The molecule has 0 N–H and O–H groups in total. The molecule has 0 unspecified atom stereocenters. The third-order valence-electron chi connectivity index (χ3n) is 2.52. The van der Waals surface area contributed by atoms with Crippen LogP contribution in [-0.2, 0) is 10.6 Å². The topological polar surface area (TPSA) is 0 Å². The highest BCUT2D eigenvalue weighted by atomic mass is 127. The zero-order valence-corrected chi connectivity index (χ0v) is 12.6. The average Bonchev–Trinajstić information content (AvgIpc) is 2.37. The molecule has 0 nitrogen and oxygen atoms in total. The van der Waals surface area contributed by atoms with Gasteiger partial charge in [-0.05, 0) is 35.8 Å². The van der Waals surface area contributed by atoms with Crippen molar-refractivity contribution in [2.24, 2.45) is 0 Å². The molecule has 4 heteroatoms. The van der Waals surface area contributed by atoms with Crippen LogP contribution >= 0.6 is 22.6 Å². The summed E-state index contributed by atoms with van der Waals surface area (Å²) in [5.41, 5.74) is 1.49. The van der Waals surface area contributed by atoms with Gasteiger partial charge in [-0.25, -0.2) is 0 Å². The van der Waals surface area contributed by atoms with E-state index in [1.807, 2.05) is 25.2 Å². The molecule has 0 aliphatic carbocycles. The number of halogens is 4. The Morgan fingerprint density at radius 2 is 2.00 bits per heavy atom. The molecule has 1 aromatic carbocycles. The summed E-state index contributed by atoms with van der Waals surface area (Å²) in [5.74, 6) is 0. The Kier molecular flexibility index (Phi) is 5.85. The zero-order chi connectivity index (χ0) is 14.5. The fourth-order valence-electron chi connectivity index (χ4n) is 1.57. The maximum absolute atomic E-state index is 12.6. The monoisotopic (exact) mass is 378 g/mol. The summed E-state index contributed by atoms with van der Waals surface area (Å²) >= 11 is 2.06. The van der Waals surface area contributed by atoms with Crippen LogP contribution < -0.4 is 0 Å². The first kappa shape index (κ1) is 16.0. The smallest absolute Gasteiger partial charge is 0.166 e. The first-order valence-electron chi connectivity index (χ1n) is 5.65.